The molecule has 102 valence electrons. The summed E-state index contributed by atoms with van der Waals surface area (Å²) in [6.45, 7) is 0.649. The standard InChI is InChI=1S/C18H14N2O/c19-18(21)15-9-10-20-16-8-4-1-5-12(16)11-17(20)14-7-3-2-6-13(14)15/h1-9,11H,10H2,(H2,19,21). The average molecular weight is 274 g/mol. The third kappa shape index (κ3) is 1.71. The van der Waals surface area contributed by atoms with Crippen molar-refractivity contribution in [1.29, 1.82) is 0 Å². The minimum atomic E-state index is -0.377. The van der Waals surface area contributed by atoms with Crippen molar-refractivity contribution >= 4 is 22.4 Å². The molecule has 1 amide bonds. The Bertz CT molecular complexity index is 902. The van der Waals surface area contributed by atoms with Crippen molar-refractivity contribution < 1.29 is 4.79 Å². The number of carbonyl (C=O) groups is 1. The monoisotopic (exact) mass is 274 g/mol. The minimum absolute atomic E-state index is 0.377. The van der Waals surface area contributed by atoms with E-state index in [9.17, 15) is 4.79 Å². The molecular weight excluding hydrogens is 260 g/mol. The zero-order chi connectivity index (χ0) is 14.4. The predicted molar refractivity (Wildman–Crippen MR) is 84.5 cm³/mol. The number of para-hydroxylation sites is 1. The Kier molecular flexibility index (Phi) is 2.48. The van der Waals surface area contributed by atoms with Gasteiger partial charge in [-0.15, -0.1) is 0 Å². The zero-order valence-electron chi connectivity index (χ0n) is 11.4. The van der Waals surface area contributed by atoms with Gasteiger partial charge >= 0.3 is 0 Å². The van der Waals surface area contributed by atoms with Crippen molar-refractivity contribution in [2.75, 3.05) is 0 Å². The van der Waals surface area contributed by atoms with Crippen LogP contribution in [0.5, 0.6) is 0 Å². The Labute approximate surface area is 122 Å². The molecule has 0 bridgehead atoms. The molecule has 3 nitrogen and oxygen atoms in total. The highest BCUT2D eigenvalue weighted by molar-refractivity contribution is 6.20. The molecule has 21 heavy (non-hydrogen) atoms. The third-order valence-electron chi connectivity index (χ3n) is 4.05. The fraction of sp³-hybridized carbons (Fsp3) is 0.0556. The number of amides is 1. The number of allylic oxidation sites excluding steroid dienone is 1. The SMILES string of the molecule is NC(=O)C1=CCn2c(cc3ccccc32)-c2ccccc21. The molecule has 1 aliphatic heterocycles. The molecule has 2 aromatic carbocycles. The quantitative estimate of drug-likeness (QED) is 0.728. The normalized spacial score (nSPS) is 13.2. The highest BCUT2D eigenvalue weighted by Crippen LogP contribution is 2.35. The molecule has 4 rings (SSSR count). The van der Waals surface area contributed by atoms with E-state index in [1.54, 1.807) is 0 Å². The fourth-order valence-corrected chi connectivity index (χ4v) is 3.10. The molecule has 2 N–H and O–H groups in total. The maximum absolute atomic E-state index is 11.8. The van der Waals surface area contributed by atoms with Gasteiger partial charge < -0.3 is 10.3 Å². The van der Waals surface area contributed by atoms with Gasteiger partial charge in [-0.2, -0.15) is 0 Å². The van der Waals surface area contributed by atoms with Crippen LogP contribution in [0, 0.1) is 0 Å². The van der Waals surface area contributed by atoms with E-state index in [1.807, 2.05) is 42.5 Å². The number of aromatic nitrogens is 1. The Balaban J connectivity index is 2.09. The van der Waals surface area contributed by atoms with Crippen LogP contribution in [0.1, 0.15) is 5.56 Å². The van der Waals surface area contributed by atoms with E-state index in [2.05, 4.69) is 22.8 Å². The van der Waals surface area contributed by atoms with Crippen LogP contribution in [-0.2, 0) is 11.3 Å². The number of primary amides is 1. The molecular formula is C18H14N2O. The van der Waals surface area contributed by atoms with Crippen molar-refractivity contribution in [1.82, 2.24) is 4.57 Å². The lowest BCUT2D eigenvalue weighted by atomic mass is 9.97. The lowest BCUT2D eigenvalue weighted by molar-refractivity contribution is -0.112. The summed E-state index contributed by atoms with van der Waals surface area (Å²) in [6, 6.07) is 18.4. The average Bonchev–Trinajstić information content (AvgIpc) is 2.78. The number of rotatable bonds is 1. The molecule has 3 aromatic rings. The van der Waals surface area contributed by atoms with Gasteiger partial charge in [0.2, 0.25) is 5.91 Å². The van der Waals surface area contributed by atoms with E-state index in [0.717, 1.165) is 16.8 Å². The number of carbonyl (C=O) groups excluding carboxylic acids is 1. The van der Waals surface area contributed by atoms with Crippen molar-refractivity contribution in [3.63, 3.8) is 0 Å². The summed E-state index contributed by atoms with van der Waals surface area (Å²) >= 11 is 0. The predicted octanol–water partition coefficient (Wildman–Crippen LogP) is 3.19. The number of nitrogens with zero attached hydrogens (tertiary/aromatic N) is 1. The topological polar surface area (TPSA) is 48.0 Å². The summed E-state index contributed by atoms with van der Waals surface area (Å²) < 4.78 is 2.23. The number of hydrogen-bond donors (Lipinski definition) is 1. The van der Waals surface area contributed by atoms with Crippen molar-refractivity contribution in [3.8, 4) is 11.3 Å². The third-order valence-corrected chi connectivity index (χ3v) is 4.05. The van der Waals surface area contributed by atoms with Crippen molar-refractivity contribution in [3.05, 3.63) is 66.2 Å². The molecule has 2 heterocycles. The Morgan fingerprint density at radius 2 is 1.71 bits per heavy atom. The summed E-state index contributed by atoms with van der Waals surface area (Å²) in [4.78, 5) is 11.8. The van der Waals surface area contributed by atoms with E-state index in [4.69, 9.17) is 5.73 Å². The molecule has 0 unspecified atom stereocenters. The fourth-order valence-electron chi connectivity index (χ4n) is 3.10. The molecule has 0 aliphatic carbocycles. The van der Waals surface area contributed by atoms with Gasteiger partial charge in [0.1, 0.15) is 0 Å². The number of hydrogen-bond acceptors (Lipinski definition) is 1. The van der Waals surface area contributed by atoms with E-state index < -0.39 is 0 Å². The van der Waals surface area contributed by atoms with Crippen LogP contribution in [0.3, 0.4) is 0 Å². The van der Waals surface area contributed by atoms with Gasteiger partial charge in [-0.25, -0.2) is 0 Å². The van der Waals surface area contributed by atoms with Gasteiger partial charge in [0.25, 0.3) is 0 Å². The maximum Gasteiger partial charge on any atom is 0.249 e. The van der Waals surface area contributed by atoms with E-state index in [0.29, 0.717) is 12.1 Å². The summed E-state index contributed by atoms with van der Waals surface area (Å²) in [6.07, 6.45) is 1.92. The second kappa shape index (κ2) is 4.35. The summed E-state index contributed by atoms with van der Waals surface area (Å²) in [7, 11) is 0. The second-order valence-corrected chi connectivity index (χ2v) is 5.23. The molecule has 0 spiro atoms. The Morgan fingerprint density at radius 1 is 1.00 bits per heavy atom. The molecule has 3 heteroatoms. The lowest BCUT2D eigenvalue weighted by Crippen LogP contribution is -2.13. The first-order valence-electron chi connectivity index (χ1n) is 6.94. The highest BCUT2D eigenvalue weighted by Gasteiger charge is 2.20. The van der Waals surface area contributed by atoms with Gasteiger partial charge in [-0.1, -0.05) is 48.5 Å². The first kappa shape index (κ1) is 12.0. The van der Waals surface area contributed by atoms with Gasteiger partial charge in [0.05, 0.1) is 5.69 Å². The number of nitrogens with two attached hydrogens (primary N) is 1. The largest absolute Gasteiger partial charge is 0.366 e. The first-order chi connectivity index (χ1) is 10.3. The van der Waals surface area contributed by atoms with Gasteiger partial charge in [0.15, 0.2) is 0 Å². The van der Waals surface area contributed by atoms with Crippen molar-refractivity contribution in [2.24, 2.45) is 5.73 Å². The molecule has 0 radical (unpaired) electrons. The summed E-state index contributed by atoms with van der Waals surface area (Å²) in [5.41, 5.74) is 10.4. The van der Waals surface area contributed by atoms with Crippen LogP contribution in [0.2, 0.25) is 0 Å². The number of fused-ring (bicyclic) bond motifs is 5. The van der Waals surface area contributed by atoms with Crippen LogP contribution in [-0.4, -0.2) is 10.5 Å². The van der Waals surface area contributed by atoms with E-state index in [-0.39, 0.29) is 5.91 Å². The van der Waals surface area contributed by atoms with Crippen LogP contribution >= 0.6 is 0 Å². The Hall–Kier alpha value is -2.81. The second-order valence-electron chi connectivity index (χ2n) is 5.23. The van der Waals surface area contributed by atoms with Gasteiger partial charge in [-0.05, 0) is 17.7 Å². The van der Waals surface area contributed by atoms with Crippen LogP contribution in [0.4, 0.5) is 0 Å². The molecule has 0 atom stereocenters. The van der Waals surface area contributed by atoms with Crippen LogP contribution in [0.25, 0.3) is 27.7 Å². The zero-order valence-corrected chi connectivity index (χ0v) is 11.4. The number of benzene rings is 2. The maximum atomic E-state index is 11.8. The molecule has 1 aliphatic rings. The van der Waals surface area contributed by atoms with Crippen molar-refractivity contribution in [2.45, 2.75) is 6.54 Å². The minimum Gasteiger partial charge on any atom is -0.366 e. The van der Waals surface area contributed by atoms with Crippen LogP contribution in [0.15, 0.2) is 60.7 Å². The highest BCUT2D eigenvalue weighted by atomic mass is 16.1. The summed E-state index contributed by atoms with van der Waals surface area (Å²) in [5, 5.41) is 1.21. The lowest BCUT2D eigenvalue weighted by Gasteiger charge is -2.09. The molecule has 1 aromatic heterocycles. The Morgan fingerprint density at radius 3 is 2.52 bits per heavy atom. The first-order valence-corrected chi connectivity index (χ1v) is 6.94. The van der Waals surface area contributed by atoms with E-state index >= 15 is 0 Å². The summed E-state index contributed by atoms with van der Waals surface area (Å²) in [5.74, 6) is -0.377. The molecule has 0 fully saturated rings. The molecule has 0 saturated carbocycles. The van der Waals surface area contributed by atoms with E-state index in [1.165, 1.54) is 10.9 Å². The van der Waals surface area contributed by atoms with Crippen LogP contribution < -0.4 is 5.73 Å². The van der Waals surface area contributed by atoms with Gasteiger partial charge in [0, 0.05) is 28.6 Å². The smallest absolute Gasteiger partial charge is 0.249 e. The molecule has 0 saturated heterocycles. The van der Waals surface area contributed by atoms with Gasteiger partial charge in [-0.3, -0.25) is 4.79 Å².